The van der Waals surface area contributed by atoms with E-state index in [0.717, 1.165) is 10.0 Å². The second-order valence-electron chi connectivity index (χ2n) is 5.57. The molecule has 0 aliphatic rings. The highest BCUT2D eigenvalue weighted by atomic mass is 79.9. The van der Waals surface area contributed by atoms with Crippen LogP contribution in [0.15, 0.2) is 52.0 Å². The summed E-state index contributed by atoms with van der Waals surface area (Å²) < 4.78 is 11.8. The highest BCUT2D eigenvalue weighted by molar-refractivity contribution is 9.10. The number of hydrogen-bond donors (Lipinski definition) is 2. The largest absolute Gasteiger partial charge is 0.490 e. The lowest BCUT2D eigenvalue weighted by Crippen LogP contribution is -2.24. The Bertz CT molecular complexity index is 855. The van der Waals surface area contributed by atoms with Crippen LogP contribution in [-0.2, 0) is 9.59 Å². The van der Waals surface area contributed by atoms with Crippen molar-refractivity contribution in [3.8, 4) is 11.5 Å². The van der Waals surface area contributed by atoms with Gasteiger partial charge in [0.05, 0.1) is 25.1 Å². The number of rotatable bonds is 9. The number of para-hydroxylation sites is 1. The molecule has 8 heteroatoms. The van der Waals surface area contributed by atoms with Crippen molar-refractivity contribution in [2.45, 2.75) is 20.3 Å². The molecule has 0 atom stereocenters. The van der Waals surface area contributed by atoms with Crippen LogP contribution in [0, 0.1) is 0 Å². The van der Waals surface area contributed by atoms with Crippen molar-refractivity contribution in [1.82, 2.24) is 5.43 Å². The first-order valence-corrected chi connectivity index (χ1v) is 9.58. The lowest BCUT2D eigenvalue weighted by atomic mass is 10.2. The van der Waals surface area contributed by atoms with Crippen LogP contribution in [0.4, 0.5) is 5.69 Å². The van der Waals surface area contributed by atoms with Crippen molar-refractivity contribution < 1.29 is 19.1 Å². The van der Waals surface area contributed by atoms with Crippen molar-refractivity contribution in [2.24, 2.45) is 5.10 Å². The maximum Gasteiger partial charge on any atom is 0.249 e. The number of nitrogens with one attached hydrogen (secondary N) is 2. The molecular formula is C20H22BrN3O4. The molecule has 2 aromatic rings. The predicted molar refractivity (Wildman–Crippen MR) is 112 cm³/mol. The third-order valence-corrected chi connectivity index (χ3v) is 4.13. The molecule has 0 bridgehead atoms. The minimum atomic E-state index is -0.517. The van der Waals surface area contributed by atoms with Crippen LogP contribution in [0.5, 0.6) is 11.5 Å². The Morgan fingerprint density at radius 3 is 2.46 bits per heavy atom. The van der Waals surface area contributed by atoms with E-state index in [4.69, 9.17) is 9.47 Å². The summed E-state index contributed by atoms with van der Waals surface area (Å²) in [4.78, 5) is 23.8. The van der Waals surface area contributed by atoms with Gasteiger partial charge in [0.15, 0.2) is 11.5 Å². The minimum absolute atomic E-state index is 0.341. The molecule has 0 saturated heterocycles. The van der Waals surface area contributed by atoms with Crippen molar-refractivity contribution in [2.75, 3.05) is 18.5 Å². The third kappa shape index (κ3) is 6.70. The highest BCUT2D eigenvalue weighted by Gasteiger charge is 2.10. The number of carbonyl (C=O) groups excluding carboxylic acids is 2. The molecule has 0 unspecified atom stereocenters. The number of amides is 2. The molecule has 2 amide bonds. The first-order chi connectivity index (χ1) is 13.5. The quantitative estimate of drug-likeness (QED) is 0.348. The van der Waals surface area contributed by atoms with E-state index in [1.54, 1.807) is 36.4 Å². The highest BCUT2D eigenvalue weighted by Crippen LogP contribution is 2.28. The molecule has 0 heterocycles. The lowest BCUT2D eigenvalue weighted by molar-refractivity contribution is -0.126. The van der Waals surface area contributed by atoms with Gasteiger partial charge in [-0.3, -0.25) is 9.59 Å². The summed E-state index contributed by atoms with van der Waals surface area (Å²) in [6.45, 7) is 4.82. The summed E-state index contributed by atoms with van der Waals surface area (Å²) >= 11 is 3.33. The molecular weight excluding hydrogens is 426 g/mol. The number of benzene rings is 2. The van der Waals surface area contributed by atoms with Gasteiger partial charge in [-0.2, -0.15) is 5.10 Å². The summed E-state index contributed by atoms with van der Waals surface area (Å²) in [5, 5.41) is 6.55. The molecule has 7 nitrogen and oxygen atoms in total. The molecule has 0 aliphatic heterocycles. The molecule has 28 heavy (non-hydrogen) atoms. The number of carbonyl (C=O) groups is 2. The van der Waals surface area contributed by atoms with Crippen molar-refractivity contribution in [3.05, 3.63) is 52.5 Å². The van der Waals surface area contributed by atoms with E-state index in [1.807, 2.05) is 19.9 Å². The molecule has 2 rings (SSSR count). The summed E-state index contributed by atoms with van der Waals surface area (Å²) in [5.74, 6) is 0.304. The number of anilines is 1. The number of ether oxygens (including phenoxy) is 2. The molecule has 0 aromatic heterocycles. The van der Waals surface area contributed by atoms with Crippen LogP contribution < -0.4 is 20.2 Å². The maximum atomic E-state index is 11.9. The summed E-state index contributed by atoms with van der Waals surface area (Å²) in [7, 11) is 0. The third-order valence-electron chi connectivity index (χ3n) is 3.44. The van der Waals surface area contributed by atoms with Gasteiger partial charge in [-0.15, -0.1) is 0 Å². The zero-order valence-electron chi connectivity index (χ0n) is 15.7. The van der Waals surface area contributed by atoms with Gasteiger partial charge >= 0.3 is 0 Å². The molecule has 0 spiro atoms. The van der Waals surface area contributed by atoms with Crippen molar-refractivity contribution >= 4 is 39.6 Å². The standard InChI is InChI=1S/C20H22BrN3O4/c1-3-27-17-10-9-14(11-18(17)28-4-2)13-22-24-20(26)12-19(25)23-16-8-6-5-7-15(16)21/h5-11,13H,3-4,12H2,1-2H3,(H,23,25)(H,24,26). The fraction of sp³-hybridized carbons (Fsp3) is 0.250. The first kappa shape index (κ1) is 21.4. The van der Waals surface area contributed by atoms with Crippen LogP contribution >= 0.6 is 15.9 Å². The second-order valence-corrected chi connectivity index (χ2v) is 6.42. The number of halogens is 1. The van der Waals surface area contributed by atoms with E-state index in [-0.39, 0.29) is 6.42 Å². The molecule has 0 saturated carbocycles. The number of hydrogen-bond acceptors (Lipinski definition) is 5. The predicted octanol–water partition coefficient (Wildman–Crippen LogP) is 3.73. The normalized spacial score (nSPS) is 10.5. The van der Waals surface area contributed by atoms with Gasteiger partial charge in [0.25, 0.3) is 0 Å². The average Bonchev–Trinajstić information content (AvgIpc) is 2.66. The lowest BCUT2D eigenvalue weighted by Gasteiger charge is -2.11. The van der Waals surface area contributed by atoms with Crippen LogP contribution in [0.25, 0.3) is 0 Å². The summed E-state index contributed by atoms with van der Waals surface area (Å²) in [6.07, 6.45) is 1.13. The van der Waals surface area contributed by atoms with Gasteiger partial charge in [-0.05, 0) is 65.7 Å². The maximum absolute atomic E-state index is 11.9. The van der Waals surface area contributed by atoms with Crippen LogP contribution in [0.2, 0.25) is 0 Å². The minimum Gasteiger partial charge on any atom is -0.490 e. The number of nitrogens with zero attached hydrogens (tertiary/aromatic N) is 1. The topological polar surface area (TPSA) is 89.0 Å². The molecule has 148 valence electrons. The van der Waals surface area contributed by atoms with Crippen LogP contribution in [0.1, 0.15) is 25.8 Å². The van der Waals surface area contributed by atoms with E-state index in [0.29, 0.717) is 30.4 Å². The van der Waals surface area contributed by atoms with E-state index >= 15 is 0 Å². The number of hydrazone groups is 1. The van der Waals surface area contributed by atoms with E-state index in [1.165, 1.54) is 6.21 Å². The van der Waals surface area contributed by atoms with Gasteiger partial charge in [-0.1, -0.05) is 12.1 Å². The van der Waals surface area contributed by atoms with Gasteiger partial charge in [0, 0.05) is 4.47 Å². The Labute approximate surface area is 172 Å². The van der Waals surface area contributed by atoms with Gasteiger partial charge in [-0.25, -0.2) is 5.43 Å². The zero-order valence-corrected chi connectivity index (χ0v) is 17.3. The fourth-order valence-corrected chi connectivity index (χ4v) is 2.65. The zero-order chi connectivity index (χ0) is 20.4. The van der Waals surface area contributed by atoms with Gasteiger partial charge < -0.3 is 14.8 Å². The molecule has 0 aliphatic carbocycles. The van der Waals surface area contributed by atoms with Crippen molar-refractivity contribution in [3.63, 3.8) is 0 Å². The van der Waals surface area contributed by atoms with Crippen molar-refractivity contribution in [1.29, 1.82) is 0 Å². The van der Waals surface area contributed by atoms with Crippen LogP contribution in [0.3, 0.4) is 0 Å². The molecule has 2 N–H and O–H groups in total. The van der Waals surface area contributed by atoms with E-state index < -0.39 is 11.8 Å². The Morgan fingerprint density at radius 2 is 1.75 bits per heavy atom. The summed E-state index contributed by atoms with van der Waals surface area (Å²) in [5.41, 5.74) is 3.67. The summed E-state index contributed by atoms with van der Waals surface area (Å²) in [6, 6.07) is 12.5. The average molecular weight is 448 g/mol. The van der Waals surface area contributed by atoms with E-state index in [9.17, 15) is 9.59 Å². The Morgan fingerprint density at radius 1 is 1.04 bits per heavy atom. The smallest absolute Gasteiger partial charge is 0.249 e. The SMILES string of the molecule is CCOc1ccc(C=NNC(=O)CC(=O)Nc2ccccc2Br)cc1OCC. The van der Waals surface area contributed by atoms with E-state index in [2.05, 4.69) is 31.8 Å². The van der Waals surface area contributed by atoms with Crippen LogP contribution in [-0.4, -0.2) is 31.2 Å². The Kier molecular flexibility index (Phi) is 8.48. The Hall–Kier alpha value is -2.87. The molecule has 0 radical (unpaired) electrons. The fourth-order valence-electron chi connectivity index (χ4n) is 2.27. The first-order valence-electron chi connectivity index (χ1n) is 8.79. The second kappa shape index (κ2) is 11.1. The Balaban J connectivity index is 1.89. The monoisotopic (exact) mass is 447 g/mol. The molecule has 0 fully saturated rings. The van der Waals surface area contributed by atoms with Gasteiger partial charge in [0.1, 0.15) is 6.42 Å². The molecule has 2 aromatic carbocycles. The van der Waals surface area contributed by atoms with Gasteiger partial charge in [0.2, 0.25) is 11.8 Å².